The molecule has 0 saturated heterocycles. The molecule has 180 valence electrons. The van der Waals surface area contributed by atoms with E-state index in [-0.39, 0.29) is 11.2 Å². The van der Waals surface area contributed by atoms with Gasteiger partial charge in [0.1, 0.15) is 24.3 Å². The van der Waals surface area contributed by atoms with Gasteiger partial charge in [0.2, 0.25) is 11.2 Å². The van der Waals surface area contributed by atoms with E-state index in [2.05, 4.69) is 4.90 Å². The van der Waals surface area contributed by atoms with Crippen LogP contribution in [0, 0.1) is 0 Å². The molecular weight excluding hydrogens is 489 g/mol. The van der Waals surface area contributed by atoms with Crippen molar-refractivity contribution in [3.63, 3.8) is 0 Å². The lowest BCUT2D eigenvalue weighted by atomic mass is 10.1. The summed E-state index contributed by atoms with van der Waals surface area (Å²) < 4.78 is 23.4. The Morgan fingerprint density at radius 3 is 2.66 bits per heavy atom. The van der Waals surface area contributed by atoms with E-state index in [1.165, 1.54) is 6.26 Å². The Morgan fingerprint density at radius 2 is 1.86 bits per heavy atom. The zero-order chi connectivity index (χ0) is 24.4. The Balaban J connectivity index is 1.39. The number of nitrogens with zero attached hydrogens (tertiary/aromatic N) is 1. The first-order valence-electron chi connectivity index (χ1n) is 11.3. The molecule has 1 aliphatic heterocycles. The summed E-state index contributed by atoms with van der Waals surface area (Å²) in [5.41, 5.74) is 2.08. The Hall–Kier alpha value is -3.19. The summed E-state index contributed by atoms with van der Waals surface area (Å²) in [6.45, 7) is 4.10. The molecule has 1 aliphatic rings. The van der Waals surface area contributed by atoms with Gasteiger partial charge in [-0.1, -0.05) is 41.4 Å². The first-order valence-corrected chi connectivity index (χ1v) is 12.0. The third-order valence-electron chi connectivity index (χ3n) is 5.84. The molecule has 0 bridgehead atoms. The fraction of sp³-hybridized carbons (Fsp3) is 0.222. The molecule has 1 aromatic heterocycles. The number of halogens is 2. The summed E-state index contributed by atoms with van der Waals surface area (Å²) in [5.74, 6) is 1.81. The summed E-state index contributed by atoms with van der Waals surface area (Å²) in [6, 6.07) is 16.2. The number of hydrogen-bond acceptors (Lipinski definition) is 6. The lowest BCUT2D eigenvalue weighted by molar-refractivity contribution is 0.0968. The van der Waals surface area contributed by atoms with Crippen LogP contribution in [-0.4, -0.2) is 24.8 Å². The van der Waals surface area contributed by atoms with E-state index < -0.39 is 0 Å². The van der Waals surface area contributed by atoms with Gasteiger partial charge in [0.05, 0.1) is 17.6 Å². The highest BCUT2D eigenvalue weighted by atomic mass is 35.5. The van der Waals surface area contributed by atoms with Crippen molar-refractivity contribution in [2.24, 2.45) is 0 Å². The van der Waals surface area contributed by atoms with Crippen LogP contribution >= 0.6 is 23.2 Å². The fourth-order valence-electron chi connectivity index (χ4n) is 4.08. The van der Waals surface area contributed by atoms with Crippen molar-refractivity contribution in [3.8, 4) is 23.0 Å². The largest absolute Gasteiger partial charge is 0.490 e. The molecule has 35 heavy (non-hydrogen) atoms. The number of benzene rings is 3. The normalized spacial score (nSPS) is 13.3. The van der Waals surface area contributed by atoms with E-state index in [0.29, 0.717) is 58.1 Å². The van der Waals surface area contributed by atoms with E-state index >= 15 is 0 Å². The van der Waals surface area contributed by atoms with E-state index in [1.54, 1.807) is 30.3 Å². The highest BCUT2D eigenvalue weighted by Crippen LogP contribution is 2.34. The molecule has 0 aliphatic carbocycles. The van der Waals surface area contributed by atoms with Crippen LogP contribution in [0.2, 0.25) is 10.0 Å². The van der Waals surface area contributed by atoms with Gasteiger partial charge in [0.25, 0.3) is 0 Å². The van der Waals surface area contributed by atoms with Crippen LogP contribution in [0.4, 0.5) is 0 Å². The third kappa shape index (κ3) is 4.96. The molecule has 4 aromatic rings. The van der Waals surface area contributed by atoms with Gasteiger partial charge in [0.15, 0.2) is 11.5 Å². The van der Waals surface area contributed by atoms with E-state index in [4.69, 9.17) is 41.8 Å². The predicted molar refractivity (Wildman–Crippen MR) is 136 cm³/mol. The van der Waals surface area contributed by atoms with Crippen LogP contribution in [0.1, 0.15) is 18.1 Å². The molecule has 0 unspecified atom stereocenters. The maximum Gasteiger partial charge on any atom is 0.235 e. The Bertz CT molecular complexity index is 1440. The molecular formula is C27H23Cl2NO5. The molecule has 0 spiro atoms. The third-order valence-corrected chi connectivity index (χ3v) is 6.42. The molecule has 8 heteroatoms. The molecule has 5 rings (SSSR count). The van der Waals surface area contributed by atoms with Crippen LogP contribution in [0.3, 0.4) is 0 Å². The second-order valence-corrected chi connectivity index (χ2v) is 8.99. The molecule has 0 N–H and O–H groups in total. The van der Waals surface area contributed by atoms with Crippen LogP contribution in [-0.2, 0) is 13.0 Å². The minimum Gasteiger partial charge on any atom is -0.490 e. The number of fused-ring (bicyclic) bond motifs is 3. The highest BCUT2D eigenvalue weighted by Gasteiger charge is 2.23. The summed E-state index contributed by atoms with van der Waals surface area (Å²) in [6.07, 6.45) is 2.08. The van der Waals surface area contributed by atoms with Crippen molar-refractivity contribution in [3.05, 3.63) is 92.3 Å². The van der Waals surface area contributed by atoms with Crippen molar-refractivity contribution in [2.75, 3.05) is 19.9 Å². The number of hydrogen-bond donors (Lipinski definition) is 0. The summed E-state index contributed by atoms with van der Waals surface area (Å²) >= 11 is 12.3. The lowest BCUT2D eigenvalue weighted by Gasteiger charge is -2.29. The van der Waals surface area contributed by atoms with Crippen LogP contribution in [0.25, 0.3) is 11.0 Å². The zero-order valence-corrected chi connectivity index (χ0v) is 20.6. The minimum absolute atomic E-state index is 0.0931. The van der Waals surface area contributed by atoms with Crippen molar-refractivity contribution in [1.82, 2.24) is 4.90 Å². The van der Waals surface area contributed by atoms with Gasteiger partial charge in [-0.15, -0.1) is 0 Å². The number of rotatable bonds is 7. The second-order valence-electron chi connectivity index (χ2n) is 8.14. The second kappa shape index (κ2) is 10.2. The average molecular weight is 512 g/mol. The first kappa shape index (κ1) is 23.5. The van der Waals surface area contributed by atoms with Gasteiger partial charge in [-0.05, 0) is 55.3 Å². The Labute approximate surface area is 212 Å². The molecule has 3 aromatic carbocycles. The lowest BCUT2D eigenvalue weighted by Crippen LogP contribution is -2.33. The fourth-order valence-corrected chi connectivity index (χ4v) is 4.58. The van der Waals surface area contributed by atoms with Crippen molar-refractivity contribution < 1.29 is 18.6 Å². The Morgan fingerprint density at radius 1 is 1.03 bits per heavy atom. The monoisotopic (exact) mass is 511 g/mol. The van der Waals surface area contributed by atoms with Crippen molar-refractivity contribution >= 4 is 34.2 Å². The van der Waals surface area contributed by atoms with Gasteiger partial charge >= 0.3 is 0 Å². The molecule has 6 nitrogen and oxygen atoms in total. The van der Waals surface area contributed by atoms with Gasteiger partial charge in [0, 0.05) is 23.1 Å². The molecule has 0 amide bonds. The molecule has 0 atom stereocenters. The van der Waals surface area contributed by atoms with Crippen LogP contribution in [0.15, 0.2) is 70.1 Å². The maximum absolute atomic E-state index is 13.2. The summed E-state index contributed by atoms with van der Waals surface area (Å²) in [5, 5.41) is 1.69. The Kier molecular flexibility index (Phi) is 6.86. The average Bonchev–Trinajstić information content (AvgIpc) is 2.86. The van der Waals surface area contributed by atoms with Gasteiger partial charge in [-0.3, -0.25) is 9.69 Å². The van der Waals surface area contributed by atoms with Gasteiger partial charge in [-0.25, -0.2) is 0 Å². The zero-order valence-electron chi connectivity index (χ0n) is 19.1. The summed E-state index contributed by atoms with van der Waals surface area (Å²) in [7, 11) is 0. The van der Waals surface area contributed by atoms with Crippen LogP contribution < -0.4 is 19.6 Å². The standard InChI is InChI=1S/C27H23Cl2NO5/c1-2-32-23-5-3-4-6-24(23)35-25-15-33-27-19(26(25)31)9-10-22-20(27)14-30(16-34-22)12-11-17-7-8-18(28)13-21(17)29/h3-10,13,15H,2,11-12,14,16H2,1H3. The van der Waals surface area contributed by atoms with Crippen molar-refractivity contribution in [1.29, 1.82) is 0 Å². The predicted octanol–water partition coefficient (Wildman–Crippen LogP) is 6.69. The first-order chi connectivity index (χ1) is 17.0. The number of ether oxygens (including phenoxy) is 3. The topological polar surface area (TPSA) is 61.1 Å². The van der Waals surface area contributed by atoms with E-state index in [9.17, 15) is 4.79 Å². The molecule has 0 fully saturated rings. The maximum atomic E-state index is 13.2. The van der Waals surface area contributed by atoms with E-state index in [0.717, 1.165) is 24.1 Å². The highest BCUT2D eigenvalue weighted by molar-refractivity contribution is 6.35. The quantitative estimate of drug-likeness (QED) is 0.275. The molecule has 2 heterocycles. The molecule has 0 radical (unpaired) electrons. The van der Waals surface area contributed by atoms with E-state index in [1.807, 2.05) is 31.2 Å². The van der Waals surface area contributed by atoms with Gasteiger partial charge in [-0.2, -0.15) is 0 Å². The number of para-hydroxylation sites is 2. The minimum atomic E-state index is -0.259. The summed E-state index contributed by atoms with van der Waals surface area (Å²) in [4.78, 5) is 15.4. The van der Waals surface area contributed by atoms with Crippen LogP contribution in [0.5, 0.6) is 23.0 Å². The smallest absolute Gasteiger partial charge is 0.235 e. The SMILES string of the molecule is CCOc1ccccc1Oc1coc2c3c(ccc2c1=O)OCN(CCc1ccc(Cl)cc1Cl)C3. The van der Waals surface area contributed by atoms with Crippen molar-refractivity contribution in [2.45, 2.75) is 19.9 Å². The molecule has 0 saturated carbocycles. The van der Waals surface area contributed by atoms with Gasteiger partial charge < -0.3 is 18.6 Å².